The van der Waals surface area contributed by atoms with Crippen LogP contribution in [0, 0.1) is 24.0 Å². The van der Waals surface area contributed by atoms with Crippen LogP contribution in [0.3, 0.4) is 0 Å². The van der Waals surface area contributed by atoms with Gasteiger partial charge in [0, 0.05) is 55.8 Å². The van der Waals surface area contributed by atoms with Crippen molar-refractivity contribution in [1.82, 2.24) is 24.6 Å². The molecule has 1 fully saturated rings. The first kappa shape index (κ1) is 19.5. The van der Waals surface area contributed by atoms with E-state index in [0.29, 0.717) is 43.1 Å². The first-order valence-corrected chi connectivity index (χ1v) is 9.57. The van der Waals surface area contributed by atoms with E-state index in [1.54, 1.807) is 30.2 Å². The van der Waals surface area contributed by atoms with E-state index < -0.39 is 4.92 Å². The van der Waals surface area contributed by atoms with Gasteiger partial charge in [0.2, 0.25) is 0 Å². The van der Waals surface area contributed by atoms with Gasteiger partial charge < -0.3 is 9.80 Å². The summed E-state index contributed by atoms with van der Waals surface area (Å²) >= 11 is 0. The van der Waals surface area contributed by atoms with Crippen molar-refractivity contribution in [1.29, 1.82) is 0 Å². The molecule has 1 aliphatic rings. The summed E-state index contributed by atoms with van der Waals surface area (Å²) in [6, 6.07) is 8.40. The summed E-state index contributed by atoms with van der Waals surface area (Å²) < 4.78 is 1.86. The Morgan fingerprint density at radius 3 is 2.33 bits per heavy atom. The van der Waals surface area contributed by atoms with E-state index in [0.717, 1.165) is 11.6 Å². The molecule has 0 saturated carbocycles. The SMILES string of the molecule is Cc1ccc(C(=O)N2CCN(c3ccc(-n4ccnc4C)nn3)CC2)cc1[N+](=O)[O-]. The maximum Gasteiger partial charge on any atom is 0.273 e. The number of carbonyl (C=O) groups is 1. The summed E-state index contributed by atoms with van der Waals surface area (Å²) in [4.78, 5) is 31.4. The Kier molecular flexibility index (Phi) is 5.13. The Bertz CT molecular complexity index is 1090. The number of nitro groups is 1. The number of piperazine rings is 1. The number of rotatable bonds is 4. The Balaban J connectivity index is 1.41. The van der Waals surface area contributed by atoms with E-state index in [1.807, 2.05) is 29.8 Å². The molecular formula is C20H21N7O3. The monoisotopic (exact) mass is 407 g/mol. The molecule has 0 radical (unpaired) electrons. The van der Waals surface area contributed by atoms with E-state index in [2.05, 4.69) is 20.1 Å². The number of carbonyl (C=O) groups excluding carboxylic acids is 1. The Hall–Kier alpha value is -3.82. The average Bonchev–Trinajstić information content (AvgIpc) is 3.19. The molecule has 0 spiro atoms. The summed E-state index contributed by atoms with van der Waals surface area (Å²) in [5.41, 5.74) is 0.831. The van der Waals surface area contributed by atoms with Crippen molar-refractivity contribution in [3.05, 3.63) is 69.8 Å². The van der Waals surface area contributed by atoms with Gasteiger partial charge in [-0.05, 0) is 32.0 Å². The van der Waals surface area contributed by atoms with Crippen LogP contribution in [0.5, 0.6) is 0 Å². The molecule has 2 aromatic heterocycles. The van der Waals surface area contributed by atoms with E-state index in [9.17, 15) is 14.9 Å². The lowest BCUT2D eigenvalue weighted by molar-refractivity contribution is -0.385. The Morgan fingerprint density at radius 2 is 1.73 bits per heavy atom. The molecule has 0 bridgehead atoms. The van der Waals surface area contributed by atoms with Gasteiger partial charge in [0.05, 0.1) is 4.92 Å². The maximum atomic E-state index is 12.8. The standard InChI is InChI=1S/C20H21N7O3/c1-14-3-4-16(13-17(14)27(29)30)20(28)25-11-9-24(10-12-25)18-5-6-19(23-22-18)26-8-7-21-15(26)2/h3-8,13H,9-12H2,1-2H3. The largest absolute Gasteiger partial charge is 0.352 e. The highest BCUT2D eigenvalue weighted by Crippen LogP contribution is 2.21. The summed E-state index contributed by atoms with van der Waals surface area (Å²) in [6.45, 7) is 5.78. The highest BCUT2D eigenvalue weighted by atomic mass is 16.6. The second-order valence-electron chi connectivity index (χ2n) is 7.13. The lowest BCUT2D eigenvalue weighted by Gasteiger charge is -2.35. The molecule has 3 heterocycles. The van der Waals surface area contributed by atoms with Gasteiger partial charge in [-0.1, -0.05) is 6.07 Å². The number of aromatic nitrogens is 4. The molecule has 10 heteroatoms. The van der Waals surface area contributed by atoms with E-state index in [4.69, 9.17) is 0 Å². The zero-order valence-corrected chi connectivity index (χ0v) is 16.7. The minimum Gasteiger partial charge on any atom is -0.352 e. The minimum atomic E-state index is -0.461. The van der Waals surface area contributed by atoms with Gasteiger partial charge in [-0.25, -0.2) is 4.98 Å². The fourth-order valence-electron chi connectivity index (χ4n) is 3.50. The first-order valence-electron chi connectivity index (χ1n) is 9.57. The normalized spacial score (nSPS) is 14.1. The van der Waals surface area contributed by atoms with Crippen LogP contribution in [0.1, 0.15) is 21.7 Å². The van der Waals surface area contributed by atoms with Gasteiger partial charge in [-0.2, -0.15) is 0 Å². The van der Waals surface area contributed by atoms with Crippen molar-refractivity contribution in [2.24, 2.45) is 0 Å². The van der Waals surface area contributed by atoms with Crippen LogP contribution < -0.4 is 4.90 Å². The molecule has 0 unspecified atom stereocenters. The van der Waals surface area contributed by atoms with E-state index in [-0.39, 0.29) is 11.6 Å². The lowest BCUT2D eigenvalue weighted by atomic mass is 10.1. The van der Waals surface area contributed by atoms with Gasteiger partial charge in [0.1, 0.15) is 5.82 Å². The van der Waals surface area contributed by atoms with Crippen molar-refractivity contribution in [3.8, 4) is 5.82 Å². The number of aryl methyl sites for hydroxylation is 2. The molecule has 3 aromatic rings. The lowest BCUT2D eigenvalue weighted by Crippen LogP contribution is -2.49. The third kappa shape index (κ3) is 3.71. The third-order valence-corrected chi connectivity index (χ3v) is 5.25. The van der Waals surface area contributed by atoms with Crippen LogP contribution >= 0.6 is 0 Å². The van der Waals surface area contributed by atoms with E-state index in [1.165, 1.54) is 6.07 Å². The fraction of sp³-hybridized carbons (Fsp3) is 0.300. The molecule has 1 aliphatic heterocycles. The molecule has 10 nitrogen and oxygen atoms in total. The van der Waals surface area contributed by atoms with Gasteiger partial charge >= 0.3 is 0 Å². The first-order chi connectivity index (χ1) is 14.4. The third-order valence-electron chi connectivity index (χ3n) is 5.25. The molecule has 0 N–H and O–H groups in total. The molecule has 1 aromatic carbocycles. The van der Waals surface area contributed by atoms with Crippen molar-refractivity contribution in [2.75, 3.05) is 31.1 Å². The quantitative estimate of drug-likeness (QED) is 0.481. The second kappa shape index (κ2) is 7.90. The molecular weight excluding hydrogens is 386 g/mol. The average molecular weight is 407 g/mol. The predicted octanol–water partition coefficient (Wildman–Crippen LogP) is 2.15. The van der Waals surface area contributed by atoms with E-state index >= 15 is 0 Å². The molecule has 154 valence electrons. The van der Waals surface area contributed by atoms with Crippen molar-refractivity contribution in [2.45, 2.75) is 13.8 Å². The van der Waals surface area contributed by atoms with Crippen LogP contribution in [0.2, 0.25) is 0 Å². The molecule has 0 atom stereocenters. The summed E-state index contributed by atoms with van der Waals surface area (Å²) in [7, 11) is 0. The van der Waals surface area contributed by atoms with Crippen molar-refractivity contribution < 1.29 is 9.72 Å². The molecule has 1 saturated heterocycles. The number of benzene rings is 1. The van der Waals surface area contributed by atoms with Gasteiger partial charge in [-0.15, -0.1) is 10.2 Å². The summed E-state index contributed by atoms with van der Waals surface area (Å²) in [6.07, 6.45) is 3.54. The zero-order chi connectivity index (χ0) is 21.3. The minimum absolute atomic E-state index is 0.0389. The maximum absolute atomic E-state index is 12.8. The smallest absolute Gasteiger partial charge is 0.273 e. The number of anilines is 1. The van der Waals surface area contributed by atoms with Gasteiger partial charge in [0.25, 0.3) is 11.6 Å². The summed E-state index contributed by atoms with van der Waals surface area (Å²) in [5.74, 6) is 2.08. The van der Waals surface area contributed by atoms with Crippen LogP contribution in [-0.4, -0.2) is 61.7 Å². The highest BCUT2D eigenvalue weighted by molar-refractivity contribution is 5.95. The predicted molar refractivity (Wildman–Crippen MR) is 110 cm³/mol. The fourth-order valence-corrected chi connectivity index (χ4v) is 3.50. The zero-order valence-electron chi connectivity index (χ0n) is 16.7. The summed E-state index contributed by atoms with van der Waals surface area (Å²) in [5, 5.41) is 19.7. The number of hydrogen-bond acceptors (Lipinski definition) is 7. The number of nitrogens with zero attached hydrogens (tertiary/aromatic N) is 7. The number of amides is 1. The highest BCUT2D eigenvalue weighted by Gasteiger charge is 2.24. The van der Waals surface area contributed by atoms with Gasteiger partial charge in [-0.3, -0.25) is 19.5 Å². The van der Waals surface area contributed by atoms with Crippen LogP contribution in [0.25, 0.3) is 5.82 Å². The molecule has 30 heavy (non-hydrogen) atoms. The number of nitro benzene ring substituents is 1. The molecule has 4 rings (SSSR count). The Morgan fingerprint density at radius 1 is 1.03 bits per heavy atom. The topological polar surface area (TPSA) is 110 Å². The van der Waals surface area contributed by atoms with Crippen LogP contribution in [0.4, 0.5) is 11.5 Å². The van der Waals surface area contributed by atoms with Gasteiger partial charge in [0.15, 0.2) is 11.6 Å². The van der Waals surface area contributed by atoms with Crippen LogP contribution in [0.15, 0.2) is 42.7 Å². The Labute approximate surface area is 172 Å². The van der Waals surface area contributed by atoms with Crippen LogP contribution in [-0.2, 0) is 0 Å². The van der Waals surface area contributed by atoms with Crippen molar-refractivity contribution in [3.63, 3.8) is 0 Å². The van der Waals surface area contributed by atoms with Crippen molar-refractivity contribution >= 4 is 17.4 Å². The molecule has 0 aliphatic carbocycles. The molecule has 1 amide bonds. The number of imidazole rings is 1. The number of hydrogen-bond donors (Lipinski definition) is 0. The second-order valence-corrected chi connectivity index (χ2v) is 7.13.